The molecule has 0 saturated carbocycles. The van der Waals surface area contributed by atoms with Gasteiger partial charge in [0.05, 0.1) is 12.0 Å². The van der Waals surface area contributed by atoms with E-state index in [2.05, 4.69) is 17.3 Å². The monoisotopic (exact) mass is 277 g/mol. The molecule has 0 spiro atoms. The van der Waals surface area contributed by atoms with Crippen molar-refractivity contribution in [2.45, 2.75) is 40.3 Å². The second kappa shape index (κ2) is 6.61. The molecule has 5 nitrogen and oxygen atoms in total. The lowest BCUT2D eigenvalue weighted by atomic mass is 10.3. The highest BCUT2D eigenvalue weighted by Crippen LogP contribution is 2.22. The van der Waals surface area contributed by atoms with Crippen molar-refractivity contribution in [2.75, 3.05) is 6.54 Å². The second-order valence-electron chi connectivity index (χ2n) is 5.01. The standard InChI is InChI=1S/C15H23N3O2/c1-5-6-16-8-13-7-14(19-9-13)10-20-15-11(2)17-18(4)12(15)3/h7,9,16H,5-6,8,10H2,1-4H3. The largest absolute Gasteiger partial charge is 0.482 e. The van der Waals surface area contributed by atoms with E-state index in [1.807, 2.05) is 31.6 Å². The fourth-order valence-electron chi connectivity index (χ4n) is 2.11. The van der Waals surface area contributed by atoms with Crippen LogP contribution in [-0.2, 0) is 20.2 Å². The lowest BCUT2D eigenvalue weighted by molar-refractivity contribution is 0.267. The Kier molecular flexibility index (Phi) is 4.84. The van der Waals surface area contributed by atoms with Gasteiger partial charge in [-0.3, -0.25) is 4.68 Å². The third kappa shape index (κ3) is 3.42. The number of aromatic nitrogens is 2. The van der Waals surface area contributed by atoms with Crippen molar-refractivity contribution in [1.29, 1.82) is 0 Å². The molecule has 0 aliphatic carbocycles. The van der Waals surface area contributed by atoms with Gasteiger partial charge in [-0.15, -0.1) is 0 Å². The van der Waals surface area contributed by atoms with Gasteiger partial charge in [-0.25, -0.2) is 0 Å². The SMILES string of the molecule is CCCNCc1coc(COc2c(C)nn(C)c2C)c1. The van der Waals surface area contributed by atoms with Crippen LogP contribution in [0.5, 0.6) is 5.75 Å². The minimum absolute atomic E-state index is 0.432. The van der Waals surface area contributed by atoms with E-state index >= 15 is 0 Å². The molecule has 0 unspecified atom stereocenters. The Bertz CT molecular complexity index is 557. The fraction of sp³-hybridized carbons (Fsp3) is 0.533. The van der Waals surface area contributed by atoms with Crippen LogP contribution in [0.2, 0.25) is 0 Å². The predicted molar refractivity (Wildman–Crippen MR) is 77.7 cm³/mol. The van der Waals surface area contributed by atoms with Gasteiger partial charge in [0.2, 0.25) is 0 Å². The average molecular weight is 277 g/mol. The van der Waals surface area contributed by atoms with Gasteiger partial charge >= 0.3 is 0 Å². The molecule has 2 rings (SSSR count). The summed E-state index contributed by atoms with van der Waals surface area (Å²) in [7, 11) is 1.92. The molecular formula is C15H23N3O2. The molecule has 2 aromatic heterocycles. The molecule has 0 radical (unpaired) electrons. The Morgan fingerprint density at radius 3 is 2.85 bits per heavy atom. The van der Waals surface area contributed by atoms with E-state index in [4.69, 9.17) is 9.15 Å². The minimum Gasteiger partial charge on any atom is -0.482 e. The molecule has 0 bridgehead atoms. The molecule has 2 heterocycles. The van der Waals surface area contributed by atoms with Gasteiger partial charge in [0, 0.05) is 19.2 Å². The van der Waals surface area contributed by atoms with E-state index in [0.29, 0.717) is 6.61 Å². The van der Waals surface area contributed by atoms with Gasteiger partial charge in [-0.1, -0.05) is 6.92 Å². The molecule has 20 heavy (non-hydrogen) atoms. The van der Waals surface area contributed by atoms with E-state index in [-0.39, 0.29) is 0 Å². The van der Waals surface area contributed by atoms with Crippen LogP contribution < -0.4 is 10.1 Å². The van der Waals surface area contributed by atoms with Gasteiger partial charge in [-0.05, 0) is 32.9 Å². The Hall–Kier alpha value is -1.75. The first-order valence-corrected chi connectivity index (χ1v) is 7.01. The number of rotatable bonds is 7. The molecule has 5 heteroatoms. The summed E-state index contributed by atoms with van der Waals surface area (Å²) in [6, 6.07) is 2.03. The maximum Gasteiger partial charge on any atom is 0.163 e. The van der Waals surface area contributed by atoms with Crippen molar-refractivity contribution in [1.82, 2.24) is 15.1 Å². The maximum atomic E-state index is 5.82. The number of hydrogen-bond acceptors (Lipinski definition) is 4. The Morgan fingerprint density at radius 1 is 1.40 bits per heavy atom. The molecule has 1 N–H and O–H groups in total. The summed E-state index contributed by atoms with van der Waals surface area (Å²) < 4.78 is 13.2. The molecule has 0 aliphatic rings. The molecule has 0 aromatic carbocycles. The van der Waals surface area contributed by atoms with Crippen LogP contribution >= 0.6 is 0 Å². The van der Waals surface area contributed by atoms with Crippen LogP contribution in [-0.4, -0.2) is 16.3 Å². The molecule has 0 fully saturated rings. The summed E-state index contributed by atoms with van der Waals surface area (Å²) in [6.45, 7) is 8.39. The zero-order valence-electron chi connectivity index (χ0n) is 12.7. The van der Waals surface area contributed by atoms with Crippen molar-refractivity contribution >= 4 is 0 Å². The van der Waals surface area contributed by atoms with Crippen LogP contribution in [0.15, 0.2) is 16.7 Å². The number of ether oxygens (including phenoxy) is 1. The number of nitrogens with zero attached hydrogens (tertiary/aromatic N) is 2. The fourth-order valence-corrected chi connectivity index (χ4v) is 2.11. The number of furan rings is 1. The smallest absolute Gasteiger partial charge is 0.163 e. The Labute approximate surface area is 119 Å². The summed E-state index contributed by atoms with van der Waals surface area (Å²) in [4.78, 5) is 0. The number of hydrogen-bond donors (Lipinski definition) is 1. The van der Waals surface area contributed by atoms with Crippen molar-refractivity contribution < 1.29 is 9.15 Å². The molecule has 2 aromatic rings. The topological polar surface area (TPSA) is 52.2 Å². The first-order chi connectivity index (χ1) is 9.61. The molecular weight excluding hydrogens is 254 g/mol. The van der Waals surface area contributed by atoms with Crippen molar-refractivity contribution in [3.05, 3.63) is 35.0 Å². The lowest BCUT2D eigenvalue weighted by Crippen LogP contribution is -2.13. The lowest BCUT2D eigenvalue weighted by Gasteiger charge is -2.04. The van der Waals surface area contributed by atoms with Crippen LogP contribution in [0.4, 0.5) is 0 Å². The molecule has 110 valence electrons. The first-order valence-electron chi connectivity index (χ1n) is 7.01. The van der Waals surface area contributed by atoms with E-state index < -0.39 is 0 Å². The third-order valence-electron chi connectivity index (χ3n) is 3.27. The molecule has 0 saturated heterocycles. The maximum absolute atomic E-state index is 5.82. The Morgan fingerprint density at radius 2 is 2.20 bits per heavy atom. The van der Waals surface area contributed by atoms with Gasteiger partial charge in [0.1, 0.15) is 18.1 Å². The van der Waals surface area contributed by atoms with Crippen LogP contribution in [0.25, 0.3) is 0 Å². The summed E-state index contributed by atoms with van der Waals surface area (Å²) in [5.74, 6) is 1.68. The molecule has 0 amide bonds. The van der Waals surface area contributed by atoms with Crippen LogP contribution in [0.1, 0.15) is 36.1 Å². The van der Waals surface area contributed by atoms with Crippen LogP contribution in [0, 0.1) is 13.8 Å². The van der Waals surface area contributed by atoms with Gasteiger partial charge in [0.15, 0.2) is 5.75 Å². The normalized spacial score (nSPS) is 11.0. The van der Waals surface area contributed by atoms with E-state index in [0.717, 1.165) is 48.0 Å². The second-order valence-corrected chi connectivity index (χ2v) is 5.01. The van der Waals surface area contributed by atoms with Gasteiger partial charge < -0.3 is 14.5 Å². The summed E-state index contributed by atoms with van der Waals surface area (Å²) in [6.07, 6.45) is 2.91. The highest BCUT2D eigenvalue weighted by Gasteiger charge is 2.11. The van der Waals surface area contributed by atoms with E-state index in [9.17, 15) is 0 Å². The van der Waals surface area contributed by atoms with Crippen molar-refractivity contribution in [2.24, 2.45) is 7.05 Å². The van der Waals surface area contributed by atoms with E-state index in [1.165, 1.54) is 0 Å². The Balaban J connectivity index is 1.91. The van der Waals surface area contributed by atoms with Crippen LogP contribution in [0.3, 0.4) is 0 Å². The number of aryl methyl sites for hydroxylation is 2. The van der Waals surface area contributed by atoms with Gasteiger partial charge in [-0.2, -0.15) is 5.10 Å². The first kappa shape index (κ1) is 14.7. The van der Waals surface area contributed by atoms with E-state index in [1.54, 1.807) is 6.26 Å². The number of nitrogens with one attached hydrogen (secondary N) is 1. The average Bonchev–Trinajstić information content (AvgIpc) is 2.95. The zero-order valence-corrected chi connectivity index (χ0v) is 12.7. The van der Waals surface area contributed by atoms with Crippen molar-refractivity contribution in [3.8, 4) is 5.75 Å². The summed E-state index contributed by atoms with van der Waals surface area (Å²) >= 11 is 0. The van der Waals surface area contributed by atoms with Gasteiger partial charge in [0.25, 0.3) is 0 Å². The predicted octanol–water partition coefficient (Wildman–Crippen LogP) is 2.71. The minimum atomic E-state index is 0.432. The highest BCUT2D eigenvalue weighted by atomic mass is 16.5. The quantitative estimate of drug-likeness (QED) is 0.791. The highest BCUT2D eigenvalue weighted by molar-refractivity contribution is 5.31. The summed E-state index contributed by atoms with van der Waals surface area (Å²) in [5.41, 5.74) is 3.08. The molecule has 0 atom stereocenters. The molecule has 0 aliphatic heterocycles. The zero-order chi connectivity index (χ0) is 14.5. The van der Waals surface area contributed by atoms with Crippen molar-refractivity contribution in [3.63, 3.8) is 0 Å². The summed E-state index contributed by atoms with van der Waals surface area (Å²) in [5, 5.41) is 7.67. The third-order valence-corrected chi connectivity index (χ3v) is 3.27.